The van der Waals surface area contributed by atoms with Gasteiger partial charge in [-0.05, 0) is 38.6 Å². The number of likely N-dealkylation sites (N-methyl/N-ethyl adjacent to an activating group) is 1. The monoisotopic (exact) mass is 267 g/mol. The van der Waals surface area contributed by atoms with Gasteiger partial charge in [0.1, 0.15) is 5.75 Å². The number of methoxy groups -OCH3 is 1. The standard InChI is InChI=1S/C15H25NO3/c1-12(2)19-11-14(17)10-16(3)9-13-6-5-7-15(8-13)18-4/h5-8,12,14,17H,9-11H2,1-4H3/t14-/m1/s1. The second-order valence-electron chi connectivity index (χ2n) is 5.08. The zero-order valence-corrected chi connectivity index (χ0v) is 12.3. The lowest BCUT2D eigenvalue weighted by atomic mass is 10.2. The molecule has 1 atom stereocenters. The molecule has 0 aliphatic heterocycles. The van der Waals surface area contributed by atoms with Gasteiger partial charge in [-0.1, -0.05) is 12.1 Å². The third kappa shape index (κ3) is 6.57. The van der Waals surface area contributed by atoms with E-state index >= 15 is 0 Å². The second kappa shape index (κ2) is 8.15. The van der Waals surface area contributed by atoms with E-state index in [-0.39, 0.29) is 6.10 Å². The van der Waals surface area contributed by atoms with Crippen LogP contribution in [0.25, 0.3) is 0 Å². The van der Waals surface area contributed by atoms with Crippen LogP contribution in [0.15, 0.2) is 24.3 Å². The Morgan fingerprint density at radius 3 is 2.68 bits per heavy atom. The highest BCUT2D eigenvalue weighted by Gasteiger charge is 2.10. The molecule has 1 aromatic rings. The average Bonchev–Trinajstić information content (AvgIpc) is 2.36. The van der Waals surface area contributed by atoms with E-state index < -0.39 is 6.10 Å². The molecule has 1 N–H and O–H groups in total. The summed E-state index contributed by atoms with van der Waals surface area (Å²) in [5.74, 6) is 0.856. The fourth-order valence-corrected chi connectivity index (χ4v) is 1.86. The van der Waals surface area contributed by atoms with E-state index in [0.717, 1.165) is 12.3 Å². The molecule has 0 radical (unpaired) electrons. The number of benzene rings is 1. The van der Waals surface area contributed by atoms with Crippen molar-refractivity contribution in [3.63, 3.8) is 0 Å². The topological polar surface area (TPSA) is 41.9 Å². The fourth-order valence-electron chi connectivity index (χ4n) is 1.86. The molecule has 0 saturated heterocycles. The minimum absolute atomic E-state index is 0.151. The lowest BCUT2D eigenvalue weighted by molar-refractivity contribution is -0.00635. The van der Waals surface area contributed by atoms with E-state index in [1.54, 1.807) is 7.11 Å². The first-order valence-corrected chi connectivity index (χ1v) is 6.62. The van der Waals surface area contributed by atoms with Crippen molar-refractivity contribution < 1.29 is 14.6 Å². The first kappa shape index (κ1) is 16.0. The highest BCUT2D eigenvalue weighted by atomic mass is 16.5. The summed E-state index contributed by atoms with van der Waals surface area (Å²) in [5, 5.41) is 9.86. The van der Waals surface area contributed by atoms with Crippen molar-refractivity contribution in [2.45, 2.75) is 32.6 Å². The zero-order valence-electron chi connectivity index (χ0n) is 12.3. The molecule has 1 rings (SSSR count). The van der Waals surface area contributed by atoms with Gasteiger partial charge in [-0.15, -0.1) is 0 Å². The van der Waals surface area contributed by atoms with Crippen molar-refractivity contribution in [2.24, 2.45) is 0 Å². The predicted octanol–water partition coefficient (Wildman–Crippen LogP) is 1.91. The molecule has 0 spiro atoms. The zero-order chi connectivity index (χ0) is 14.3. The van der Waals surface area contributed by atoms with Crippen LogP contribution in [-0.4, -0.2) is 49.5 Å². The highest BCUT2D eigenvalue weighted by Crippen LogP contribution is 2.13. The van der Waals surface area contributed by atoms with E-state index in [1.165, 1.54) is 5.56 Å². The minimum atomic E-state index is -0.460. The van der Waals surface area contributed by atoms with Crippen molar-refractivity contribution in [3.8, 4) is 5.75 Å². The van der Waals surface area contributed by atoms with E-state index in [9.17, 15) is 5.11 Å². The number of hydrogen-bond donors (Lipinski definition) is 1. The lowest BCUT2D eigenvalue weighted by Crippen LogP contribution is -2.32. The molecule has 19 heavy (non-hydrogen) atoms. The molecule has 0 bridgehead atoms. The van der Waals surface area contributed by atoms with Crippen LogP contribution < -0.4 is 4.74 Å². The van der Waals surface area contributed by atoms with Crippen molar-refractivity contribution in [2.75, 3.05) is 27.3 Å². The third-order valence-electron chi connectivity index (χ3n) is 2.73. The van der Waals surface area contributed by atoms with E-state index in [2.05, 4.69) is 11.0 Å². The largest absolute Gasteiger partial charge is 0.497 e. The molecule has 108 valence electrons. The Bertz CT molecular complexity index is 368. The van der Waals surface area contributed by atoms with Crippen molar-refractivity contribution >= 4 is 0 Å². The van der Waals surface area contributed by atoms with Gasteiger partial charge in [0.05, 0.1) is 25.9 Å². The van der Waals surface area contributed by atoms with Gasteiger partial charge in [-0.25, -0.2) is 0 Å². The van der Waals surface area contributed by atoms with Gasteiger partial charge in [0.15, 0.2) is 0 Å². The van der Waals surface area contributed by atoms with Crippen LogP contribution >= 0.6 is 0 Å². The molecule has 0 amide bonds. The Hall–Kier alpha value is -1.10. The van der Waals surface area contributed by atoms with Gasteiger partial charge in [0.2, 0.25) is 0 Å². The summed E-state index contributed by atoms with van der Waals surface area (Å²) in [4.78, 5) is 2.07. The van der Waals surface area contributed by atoms with E-state index in [0.29, 0.717) is 13.2 Å². The summed E-state index contributed by atoms with van der Waals surface area (Å²) < 4.78 is 10.6. The summed E-state index contributed by atoms with van der Waals surface area (Å²) in [5.41, 5.74) is 1.17. The van der Waals surface area contributed by atoms with Crippen LogP contribution in [0.3, 0.4) is 0 Å². The smallest absolute Gasteiger partial charge is 0.119 e. The van der Waals surface area contributed by atoms with Crippen LogP contribution in [-0.2, 0) is 11.3 Å². The van der Waals surface area contributed by atoms with Crippen LogP contribution in [0.5, 0.6) is 5.75 Å². The van der Waals surface area contributed by atoms with E-state index in [1.807, 2.05) is 39.1 Å². The Balaban J connectivity index is 2.39. The highest BCUT2D eigenvalue weighted by molar-refractivity contribution is 5.28. The molecular formula is C15H25NO3. The molecule has 4 heteroatoms. The number of hydrogen-bond acceptors (Lipinski definition) is 4. The number of nitrogens with zero attached hydrogens (tertiary/aromatic N) is 1. The first-order chi connectivity index (χ1) is 9.01. The summed E-state index contributed by atoms with van der Waals surface area (Å²) in [6, 6.07) is 7.96. The summed E-state index contributed by atoms with van der Waals surface area (Å²) in [6.45, 7) is 5.67. The van der Waals surface area contributed by atoms with Gasteiger partial charge in [0, 0.05) is 13.1 Å². The summed E-state index contributed by atoms with van der Waals surface area (Å²) >= 11 is 0. The van der Waals surface area contributed by atoms with E-state index in [4.69, 9.17) is 9.47 Å². The molecule has 0 heterocycles. The molecule has 1 aromatic carbocycles. The first-order valence-electron chi connectivity index (χ1n) is 6.62. The average molecular weight is 267 g/mol. The molecule has 0 unspecified atom stereocenters. The molecule has 0 aromatic heterocycles. The maximum absolute atomic E-state index is 9.86. The van der Waals surface area contributed by atoms with Crippen LogP contribution in [0, 0.1) is 0 Å². The van der Waals surface area contributed by atoms with Crippen LogP contribution in [0.4, 0.5) is 0 Å². The molecular weight excluding hydrogens is 242 g/mol. The number of aliphatic hydroxyl groups excluding tert-OH is 1. The third-order valence-corrected chi connectivity index (χ3v) is 2.73. The maximum atomic E-state index is 9.86. The molecule has 0 aliphatic carbocycles. The molecule has 4 nitrogen and oxygen atoms in total. The second-order valence-corrected chi connectivity index (χ2v) is 5.08. The Kier molecular flexibility index (Phi) is 6.84. The SMILES string of the molecule is COc1cccc(CN(C)C[C@@H](O)COC(C)C)c1. The quantitative estimate of drug-likeness (QED) is 0.781. The number of rotatable bonds is 8. The Morgan fingerprint density at radius 1 is 1.32 bits per heavy atom. The van der Waals surface area contributed by atoms with Crippen molar-refractivity contribution in [1.82, 2.24) is 4.90 Å². The number of ether oxygens (including phenoxy) is 2. The van der Waals surface area contributed by atoms with Crippen LogP contribution in [0.2, 0.25) is 0 Å². The summed E-state index contributed by atoms with van der Waals surface area (Å²) in [7, 11) is 3.65. The fraction of sp³-hybridized carbons (Fsp3) is 0.600. The Labute approximate surface area is 115 Å². The Morgan fingerprint density at radius 2 is 2.05 bits per heavy atom. The van der Waals surface area contributed by atoms with Crippen LogP contribution in [0.1, 0.15) is 19.4 Å². The van der Waals surface area contributed by atoms with Gasteiger partial charge in [0.25, 0.3) is 0 Å². The van der Waals surface area contributed by atoms with Gasteiger partial charge in [-0.2, -0.15) is 0 Å². The predicted molar refractivity (Wildman–Crippen MR) is 76.4 cm³/mol. The van der Waals surface area contributed by atoms with Gasteiger partial charge >= 0.3 is 0 Å². The maximum Gasteiger partial charge on any atom is 0.119 e. The lowest BCUT2D eigenvalue weighted by Gasteiger charge is -2.21. The normalized spacial score (nSPS) is 13.0. The molecule has 0 saturated carbocycles. The van der Waals surface area contributed by atoms with Gasteiger partial charge < -0.3 is 14.6 Å². The van der Waals surface area contributed by atoms with Crippen molar-refractivity contribution in [3.05, 3.63) is 29.8 Å². The summed E-state index contributed by atoms with van der Waals surface area (Å²) in [6.07, 6.45) is -0.309. The van der Waals surface area contributed by atoms with Gasteiger partial charge in [-0.3, -0.25) is 4.90 Å². The van der Waals surface area contributed by atoms with Crippen molar-refractivity contribution in [1.29, 1.82) is 0 Å². The number of aliphatic hydroxyl groups is 1. The molecule has 0 aliphatic rings. The molecule has 0 fully saturated rings. The minimum Gasteiger partial charge on any atom is -0.497 e.